The van der Waals surface area contributed by atoms with Gasteiger partial charge in [-0.15, -0.1) is 0 Å². The van der Waals surface area contributed by atoms with Crippen molar-refractivity contribution in [2.75, 3.05) is 0 Å². The third-order valence-corrected chi connectivity index (χ3v) is 0. The van der Waals surface area contributed by atoms with E-state index in [0.29, 0.717) is 0 Å². The zero-order valence-electron chi connectivity index (χ0n) is 3.99. The summed E-state index contributed by atoms with van der Waals surface area (Å²) in [4.78, 5) is 16.4. The average molecular weight is 174 g/mol. The van der Waals surface area contributed by atoms with Crippen molar-refractivity contribution in [2.24, 2.45) is 0 Å². The number of hydrogen-bond donors (Lipinski definition) is 1. The molecule has 0 unspecified atom stereocenters. The van der Waals surface area contributed by atoms with Crippen molar-refractivity contribution in [3.8, 4) is 0 Å². The first-order valence-electron chi connectivity index (χ1n) is 0.956. The molecule has 0 fully saturated rings. The largest absolute Gasteiger partial charge is 1.00 e. The van der Waals surface area contributed by atoms with Crippen LogP contribution >= 0.6 is 0 Å². The Morgan fingerprint density at radius 3 is 1.33 bits per heavy atom. The van der Waals surface area contributed by atoms with E-state index in [9.17, 15) is 0 Å². The maximum Gasteiger partial charge on any atom is 1.00 e. The van der Waals surface area contributed by atoms with Crippen molar-refractivity contribution in [3.63, 3.8) is 0 Å². The second kappa shape index (κ2) is 23.2. The van der Waals surface area contributed by atoms with Crippen molar-refractivity contribution in [1.82, 2.24) is 0 Å². The maximum absolute atomic E-state index is 8.25. The molecular formula is H3CaN2NaO5. The summed E-state index contributed by atoms with van der Waals surface area (Å²) in [6.45, 7) is 0. The fourth-order valence-electron chi connectivity index (χ4n) is 0. The van der Waals surface area contributed by atoms with Crippen LogP contribution in [0.5, 0.6) is 0 Å². The average Bonchev–Trinajstić information content (AvgIpc) is 1.33. The van der Waals surface area contributed by atoms with Crippen molar-refractivity contribution in [2.45, 2.75) is 0 Å². The Bertz CT molecular complexity index is 62.0. The monoisotopic (exact) mass is 174 g/mol. The predicted molar refractivity (Wildman–Crippen MR) is 26.6 cm³/mol. The van der Waals surface area contributed by atoms with Gasteiger partial charge in [0.15, 0.2) is 0 Å². The van der Waals surface area contributed by atoms with Crippen LogP contribution in [0.2, 0.25) is 0 Å². The molecule has 9 heteroatoms. The minimum absolute atomic E-state index is 0. The van der Waals surface area contributed by atoms with E-state index in [2.05, 4.69) is 0 Å². The molecule has 0 saturated carbocycles. The molecule has 0 rings (SSSR count). The number of nitrogens with zero attached hydrogens (tertiary/aromatic N) is 1. The molecule has 0 atom stereocenters. The van der Waals surface area contributed by atoms with Gasteiger partial charge in [0.05, 0.1) is 5.09 Å². The normalized spacial score (nSPS) is 4.00. The number of hydrogen-bond acceptors (Lipinski definition) is 5. The molecular weight excluding hydrogens is 171 g/mol. The molecule has 0 saturated heterocycles. The van der Waals surface area contributed by atoms with E-state index in [-0.39, 0.29) is 72.6 Å². The SMILES string of the molecule is O=[N+]([O-])[O-].O=[NH+][O-].[CaH2].[Na+]. The molecule has 0 aromatic carbocycles. The molecule has 46 valence electrons. The molecule has 7 nitrogen and oxygen atoms in total. The first-order chi connectivity index (χ1) is 3.15. The van der Waals surface area contributed by atoms with Crippen LogP contribution in [-0.2, 0) is 0 Å². The molecule has 0 spiro atoms. The van der Waals surface area contributed by atoms with Gasteiger partial charge in [-0.2, -0.15) is 0 Å². The third kappa shape index (κ3) is 564. The Labute approximate surface area is 102 Å². The van der Waals surface area contributed by atoms with Crippen LogP contribution < -0.4 is 34.9 Å². The van der Waals surface area contributed by atoms with Crippen LogP contribution in [0.3, 0.4) is 0 Å². The maximum atomic E-state index is 8.25. The molecule has 0 aromatic rings. The third-order valence-electron chi connectivity index (χ3n) is 0. The Hall–Kier alpha value is 0.860. The second-order valence-corrected chi connectivity index (χ2v) is 0.307. The van der Waals surface area contributed by atoms with Crippen LogP contribution in [0.25, 0.3) is 0 Å². The van der Waals surface area contributed by atoms with Gasteiger partial charge < -0.3 is 15.3 Å². The Kier molecular flexibility index (Phi) is 58.0. The molecule has 9 heavy (non-hydrogen) atoms. The van der Waals surface area contributed by atoms with Crippen LogP contribution in [-0.4, -0.2) is 42.8 Å². The quantitative estimate of drug-likeness (QED) is 0.223. The Balaban J connectivity index is -0.0000000233. The molecule has 0 amide bonds. The summed E-state index contributed by atoms with van der Waals surface area (Å²) in [6.07, 6.45) is 0. The van der Waals surface area contributed by atoms with E-state index in [1.54, 1.807) is 0 Å². The van der Waals surface area contributed by atoms with Crippen molar-refractivity contribution in [3.05, 3.63) is 25.4 Å². The summed E-state index contributed by atoms with van der Waals surface area (Å²) in [6, 6.07) is 0. The zero-order chi connectivity index (χ0) is 6.28. The topological polar surface area (TPSA) is 120 Å². The Morgan fingerprint density at radius 1 is 1.33 bits per heavy atom. The number of rotatable bonds is 0. The summed E-state index contributed by atoms with van der Waals surface area (Å²) >= 11 is 0. The fraction of sp³-hybridized carbons (Fsp3) is 0. The summed E-state index contributed by atoms with van der Waals surface area (Å²) in [5, 5.41) is 23.1. The Morgan fingerprint density at radius 2 is 1.33 bits per heavy atom. The van der Waals surface area contributed by atoms with E-state index in [1.165, 1.54) is 0 Å². The molecule has 0 aromatic heterocycles. The van der Waals surface area contributed by atoms with E-state index in [1.807, 2.05) is 0 Å². The van der Waals surface area contributed by atoms with Crippen LogP contribution in [0.4, 0.5) is 0 Å². The fourth-order valence-corrected chi connectivity index (χ4v) is 0. The smallest absolute Gasteiger partial charge is 1.00 e. The molecule has 0 aliphatic rings. The summed E-state index contributed by atoms with van der Waals surface area (Å²) in [5.74, 6) is 0. The molecule has 0 bridgehead atoms. The van der Waals surface area contributed by atoms with E-state index >= 15 is 0 Å². The van der Waals surface area contributed by atoms with Crippen LogP contribution in [0, 0.1) is 25.4 Å². The molecule has 1 N–H and O–H groups in total. The zero-order valence-corrected chi connectivity index (χ0v) is 5.99. The van der Waals surface area contributed by atoms with Gasteiger partial charge in [-0.3, -0.25) is 10.1 Å². The first kappa shape index (κ1) is 22.5. The van der Waals surface area contributed by atoms with Gasteiger partial charge in [0, 0.05) is 5.34 Å². The minimum Gasteiger partial charge on any atom is 1.00 e. The van der Waals surface area contributed by atoms with Gasteiger partial charge in [0.2, 0.25) is 0 Å². The van der Waals surface area contributed by atoms with Gasteiger partial charge in [0.25, 0.3) is 0 Å². The van der Waals surface area contributed by atoms with Gasteiger partial charge >= 0.3 is 67.3 Å². The summed E-state index contributed by atoms with van der Waals surface area (Å²) in [7, 11) is 0. The first-order valence-corrected chi connectivity index (χ1v) is 0.956. The van der Waals surface area contributed by atoms with E-state index in [4.69, 9.17) is 25.4 Å². The van der Waals surface area contributed by atoms with Gasteiger partial charge in [-0.1, -0.05) is 0 Å². The van der Waals surface area contributed by atoms with Crippen molar-refractivity contribution >= 4 is 37.7 Å². The summed E-state index contributed by atoms with van der Waals surface area (Å²) in [5.41, 5.74) is 0. The standard InChI is InChI=1S/Ca.NO3.HNO2.Na.2H/c;2-1(3)4;2-1-3;;;/h;;1H;;;/q;-1;;+1;;. The van der Waals surface area contributed by atoms with Gasteiger partial charge in [-0.25, -0.2) is 0 Å². The minimum atomic E-state index is -1.75. The van der Waals surface area contributed by atoms with Crippen LogP contribution in [0.1, 0.15) is 0 Å². The second-order valence-electron chi connectivity index (χ2n) is 0.307. The van der Waals surface area contributed by atoms with Gasteiger partial charge in [0.1, 0.15) is 0 Å². The summed E-state index contributed by atoms with van der Waals surface area (Å²) < 4.78 is 0. The molecule has 0 aliphatic carbocycles. The van der Waals surface area contributed by atoms with E-state index in [0.717, 1.165) is 0 Å². The van der Waals surface area contributed by atoms with Crippen LogP contribution in [0.15, 0.2) is 0 Å². The van der Waals surface area contributed by atoms with Crippen molar-refractivity contribution in [1.29, 1.82) is 0 Å². The van der Waals surface area contributed by atoms with Gasteiger partial charge in [-0.05, 0) is 0 Å². The predicted octanol–water partition coefficient (Wildman–Crippen LogP) is -5.82. The van der Waals surface area contributed by atoms with E-state index < -0.39 is 5.09 Å². The molecule has 0 aliphatic heterocycles. The molecule has 0 heterocycles. The molecule has 0 radical (unpaired) electrons. The van der Waals surface area contributed by atoms with Crippen molar-refractivity contribution < 1.29 is 40.0 Å². The number of nitrogens with one attached hydrogen (secondary N) is 1.